The van der Waals surface area contributed by atoms with Gasteiger partial charge in [0.15, 0.2) is 5.82 Å². The molecule has 2 aromatic rings. The Morgan fingerprint density at radius 3 is 2.47 bits per heavy atom. The number of hydrogen-bond acceptors (Lipinski definition) is 6. The number of ether oxygens (including phenoxy) is 1. The second-order valence-corrected chi connectivity index (χ2v) is 9.78. The molecule has 1 aromatic heterocycles. The molecule has 2 fully saturated rings. The van der Waals surface area contributed by atoms with Gasteiger partial charge in [-0.2, -0.15) is 0 Å². The van der Waals surface area contributed by atoms with Gasteiger partial charge in [0, 0.05) is 37.1 Å². The zero-order chi connectivity index (χ0) is 21.7. The van der Waals surface area contributed by atoms with Crippen molar-refractivity contribution in [3.63, 3.8) is 0 Å². The summed E-state index contributed by atoms with van der Waals surface area (Å²) in [6.45, 7) is 7.58. The molecule has 0 atom stereocenters. The highest BCUT2D eigenvalue weighted by Crippen LogP contribution is 2.46. The molecule has 0 bridgehead atoms. The fourth-order valence-corrected chi connectivity index (χ4v) is 4.59. The number of rotatable bonds is 2. The zero-order valence-corrected chi connectivity index (χ0v) is 19.0. The van der Waals surface area contributed by atoms with Crippen molar-refractivity contribution < 1.29 is 19.0 Å². The summed E-state index contributed by atoms with van der Waals surface area (Å²) in [5.41, 5.74) is -0.799. The fourth-order valence-electron chi connectivity index (χ4n) is 3.92. The Hall–Kier alpha value is -2.00. The normalized spacial score (nSPS) is 19.0. The molecule has 0 unspecified atom stereocenters. The molecular weight excluding hydrogens is 455 g/mol. The first kappa shape index (κ1) is 21.2. The van der Waals surface area contributed by atoms with E-state index in [1.165, 1.54) is 6.33 Å². The quantitative estimate of drug-likeness (QED) is 0.700. The van der Waals surface area contributed by atoms with Crippen LogP contribution in [0.2, 0.25) is 0 Å². The molecule has 30 heavy (non-hydrogen) atoms. The Labute approximate surface area is 183 Å². The molecule has 1 aromatic carbocycles. The number of fused-ring (bicyclic) bond motifs is 1. The predicted octanol–water partition coefficient (Wildman–Crippen LogP) is 3.96. The molecule has 2 heterocycles. The minimum absolute atomic E-state index is 0.216. The van der Waals surface area contributed by atoms with Crippen LogP contribution in [-0.2, 0) is 10.3 Å². The molecule has 0 radical (unpaired) electrons. The van der Waals surface area contributed by atoms with Crippen molar-refractivity contribution >= 4 is 38.7 Å². The van der Waals surface area contributed by atoms with E-state index in [2.05, 4.69) is 25.9 Å². The molecule has 7 nitrogen and oxygen atoms in total. The van der Waals surface area contributed by atoms with E-state index in [1.54, 1.807) is 11.0 Å². The average molecular weight is 481 g/mol. The number of amides is 1. The van der Waals surface area contributed by atoms with Gasteiger partial charge in [0.2, 0.25) is 0 Å². The molecule has 0 spiro atoms. The van der Waals surface area contributed by atoms with Crippen LogP contribution in [0, 0.1) is 5.82 Å². The summed E-state index contributed by atoms with van der Waals surface area (Å²) in [5.74, 6) is 0.123. The van der Waals surface area contributed by atoms with Gasteiger partial charge in [0.05, 0.1) is 10.1 Å². The van der Waals surface area contributed by atoms with Gasteiger partial charge in [-0.1, -0.05) is 0 Å². The molecule has 1 saturated carbocycles. The van der Waals surface area contributed by atoms with E-state index in [0.29, 0.717) is 55.8 Å². The van der Waals surface area contributed by atoms with Crippen LogP contribution in [0.4, 0.5) is 15.0 Å². The highest BCUT2D eigenvalue weighted by Gasteiger charge is 2.39. The number of carbonyl (C=O) groups is 1. The minimum Gasteiger partial charge on any atom is -0.444 e. The van der Waals surface area contributed by atoms with Crippen LogP contribution in [0.15, 0.2) is 16.9 Å². The van der Waals surface area contributed by atoms with Gasteiger partial charge >= 0.3 is 6.09 Å². The zero-order valence-electron chi connectivity index (χ0n) is 17.4. The lowest BCUT2D eigenvalue weighted by atomic mass is 9.75. The van der Waals surface area contributed by atoms with Crippen LogP contribution >= 0.6 is 15.9 Å². The lowest BCUT2D eigenvalue weighted by molar-refractivity contribution is -0.0395. The summed E-state index contributed by atoms with van der Waals surface area (Å²) >= 11 is 3.31. The minimum atomic E-state index is -1.02. The van der Waals surface area contributed by atoms with Crippen LogP contribution in [-0.4, -0.2) is 57.8 Å². The van der Waals surface area contributed by atoms with Crippen molar-refractivity contribution in [3.8, 4) is 0 Å². The average Bonchev–Trinajstić information content (AvgIpc) is 2.67. The van der Waals surface area contributed by atoms with E-state index in [-0.39, 0.29) is 16.1 Å². The molecule has 1 N–H and O–H groups in total. The van der Waals surface area contributed by atoms with Crippen molar-refractivity contribution in [3.05, 3.63) is 28.2 Å². The molecule has 2 aliphatic rings. The Kier molecular flexibility index (Phi) is 5.38. The van der Waals surface area contributed by atoms with E-state index in [1.807, 2.05) is 25.7 Å². The first-order valence-electron chi connectivity index (χ1n) is 10.2. The SMILES string of the molecule is CC(C)(C)OC(=O)N1CCN(c2ncnc3c(F)c(Br)c(C4(O)CCC4)cc23)CC1. The highest BCUT2D eigenvalue weighted by molar-refractivity contribution is 9.10. The van der Waals surface area contributed by atoms with Crippen LogP contribution in [0.25, 0.3) is 10.9 Å². The summed E-state index contributed by atoms with van der Waals surface area (Å²) in [4.78, 5) is 24.6. The Morgan fingerprint density at radius 2 is 1.90 bits per heavy atom. The third kappa shape index (κ3) is 3.85. The molecule has 162 valence electrons. The fraction of sp³-hybridized carbons (Fsp3) is 0.571. The maximum Gasteiger partial charge on any atom is 0.410 e. The second kappa shape index (κ2) is 7.60. The molecule has 1 aliphatic carbocycles. The lowest BCUT2D eigenvalue weighted by Gasteiger charge is -2.38. The molecule has 1 aliphatic heterocycles. The molecular formula is C21H26BrFN4O3. The number of hydrogen-bond donors (Lipinski definition) is 1. The molecule has 4 rings (SSSR count). The van der Waals surface area contributed by atoms with Crippen molar-refractivity contribution in [2.75, 3.05) is 31.1 Å². The van der Waals surface area contributed by atoms with Crippen molar-refractivity contribution in [1.82, 2.24) is 14.9 Å². The van der Waals surface area contributed by atoms with Gasteiger partial charge in [-0.3, -0.25) is 0 Å². The first-order chi connectivity index (χ1) is 14.1. The van der Waals surface area contributed by atoms with E-state index < -0.39 is 17.0 Å². The Balaban J connectivity index is 1.62. The third-order valence-corrected chi connectivity index (χ3v) is 6.48. The van der Waals surface area contributed by atoms with Crippen molar-refractivity contribution in [2.24, 2.45) is 0 Å². The van der Waals surface area contributed by atoms with Crippen LogP contribution in [0.3, 0.4) is 0 Å². The largest absolute Gasteiger partial charge is 0.444 e. The molecule has 9 heteroatoms. The summed E-state index contributed by atoms with van der Waals surface area (Å²) in [7, 11) is 0. The lowest BCUT2D eigenvalue weighted by Crippen LogP contribution is -2.50. The Morgan fingerprint density at radius 1 is 1.23 bits per heavy atom. The van der Waals surface area contributed by atoms with Crippen molar-refractivity contribution in [2.45, 2.75) is 51.2 Å². The smallest absolute Gasteiger partial charge is 0.410 e. The number of benzene rings is 1. The number of piperazine rings is 1. The molecule has 1 saturated heterocycles. The highest BCUT2D eigenvalue weighted by atomic mass is 79.9. The number of nitrogens with zero attached hydrogens (tertiary/aromatic N) is 4. The van der Waals surface area contributed by atoms with E-state index in [0.717, 1.165) is 6.42 Å². The van der Waals surface area contributed by atoms with Crippen LogP contribution in [0.5, 0.6) is 0 Å². The summed E-state index contributed by atoms with van der Waals surface area (Å²) < 4.78 is 20.8. The van der Waals surface area contributed by atoms with E-state index in [9.17, 15) is 9.90 Å². The third-order valence-electron chi connectivity index (χ3n) is 5.70. The van der Waals surface area contributed by atoms with Crippen LogP contribution in [0.1, 0.15) is 45.6 Å². The summed E-state index contributed by atoms with van der Waals surface area (Å²) in [6, 6.07) is 1.80. The summed E-state index contributed by atoms with van der Waals surface area (Å²) in [5, 5.41) is 11.4. The van der Waals surface area contributed by atoms with Gasteiger partial charge in [-0.05, 0) is 62.0 Å². The van der Waals surface area contributed by atoms with Gasteiger partial charge < -0.3 is 19.6 Å². The van der Waals surface area contributed by atoms with Gasteiger partial charge in [0.25, 0.3) is 0 Å². The topological polar surface area (TPSA) is 78.8 Å². The van der Waals surface area contributed by atoms with E-state index in [4.69, 9.17) is 4.74 Å². The van der Waals surface area contributed by atoms with Gasteiger partial charge in [-0.15, -0.1) is 0 Å². The first-order valence-corrected chi connectivity index (χ1v) is 11.0. The summed E-state index contributed by atoms with van der Waals surface area (Å²) in [6.07, 6.45) is 3.14. The standard InChI is InChI=1S/C21H26BrFN4O3/c1-20(2,3)30-19(28)27-9-7-26(8-10-27)18-13-11-14(21(29)5-4-6-21)15(22)16(23)17(13)24-12-25-18/h11-12,29H,4-10H2,1-3H3. The number of anilines is 1. The number of carbonyl (C=O) groups excluding carboxylic acids is 1. The maximum atomic E-state index is 15.1. The van der Waals surface area contributed by atoms with Gasteiger partial charge in [0.1, 0.15) is 23.3 Å². The van der Waals surface area contributed by atoms with Crippen molar-refractivity contribution in [1.29, 1.82) is 0 Å². The Bertz CT molecular complexity index is 982. The van der Waals surface area contributed by atoms with Crippen LogP contribution < -0.4 is 4.90 Å². The number of halogens is 2. The predicted molar refractivity (Wildman–Crippen MR) is 115 cm³/mol. The maximum absolute atomic E-state index is 15.1. The monoisotopic (exact) mass is 480 g/mol. The van der Waals surface area contributed by atoms with Gasteiger partial charge in [-0.25, -0.2) is 19.2 Å². The second-order valence-electron chi connectivity index (χ2n) is 8.99. The number of aromatic nitrogens is 2. The molecule has 1 amide bonds. The number of aliphatic hydroxyl groups is 1. The van der Waals surface area contributed by atoms with E-state index >= 15 is 4.39 Å².